The number of esters is 1. The van der Waals surface area contributed by atoms with Crippen molar-refractivity contribution >= 4 is 5.97 Å². The zero-order valence-corrected chi connectivity index (χ0v) is 11.6. The van der Waals surface area contributed by atoms with Gasteiger partial charge < -0.3 is 19.4 Å². The molecule has 0 spiro atoms. The van der Waals surface area contributed by atoms with E-state index in [9.17, 15) is 4.79 Å². The highest BCUT2D eigenvalue weighted by Gasteiger charge is 2.18. The van der Waals surface area contributed by atoms with Crippen LogP contribution in [-0.2, 0) is 11.3 Å². The zero-order chi connectivity index (χ0) is 13.7. The molecule has 2 heterocycles. The fourth-order valence-corrected chi connectivity index (χ4v) is 2.40. The summed E-state index contributed by atoms with van der Waals surface area (Å²) >= 11 is 0. The molecular formula is C14H22N2O3. The molecular weight excluding hydrogens is 244 g/mol. The van der Waals surface area contributed by atoms with Crippen molar-refractivity contribution in [2.75, 3.05) is 26.7 Å². The van der Waals surface area contributed by atoms with Gasteiger partial charge in [-0.15, -0.1) is 0 Å². The Hall–Kier alpha value is -1.33. The number of carbonyl (C=O) groups is 1. The number of carbonyl (C=O) groups excluding carboxylic acids is 1. The van der Waals surface area contributed by atoms with Crippen LogP contribution in [0.1, 0.15) is 35.9 Å². The van der Waals surface area contributed by atoms with Crippen LogP contribution in [-0.4, -0.2) is 43.7 Å². The van der Waals surface area contributed by atoms with Crippen LogP contribution in [0.4, 0.5) is 0 Å². The number of nitrogens with zero attached hydrogens (tertiary/aromatic N) is 1. The number of nitrogens with one attached hydrogen (secondary N) is 1. The number of ether oxygens (including phenoxy) is 1. The van der Waals surface area contributed by atoms with Gasteiger partial charge in [0.05, 0.1) is 19.2 Å². The summed E-state index contributed by atoms with van der Waals surface area (Å²) in [6, 6.07) is 2.27. The average molecular weight is 266 g/mol. The minimum atomic E-state index is -0.355. The number of rotatable bonds is 5. The Kier molecular flexibility index (Phi) is 4.99. The van der Waals surface area contributed by atoms with Crippen molar-refractivity contribution in [1.82, 2.24) is 10.2 Å². The summed E-state index contributed by atoms with van der Waals surface area (Å²) in [5.74, 6) is 0.421. The number of furan rings is 1. The fourth-order valence-electron chi connectivity index (χ4n) is 2.40. The minimum Gasteiger partial charge on any atom is -0.467 e. The molecule has 1 saturated heterocycles. The smallest absolute Gasteiger partial charge is 0.341 e. The van der Waals surface area contributed by atoms with E-state index in [1.807, 2.05) is 0 Å². The van der Waals surface area contributed by atoms with Crippen molar-refractivity contribution in [1.29, 1.82) is 0 Å². The average Bonchev–Trinajstić information content (AvgIpc) is 2.93. The maximum atomic E-state index is 11.3. The van der Waals surface area contributed by atoms with E-state index in [-0.39, 0.29) is 5.97 Å². The molecule has 1 fully saturated rings. The Balaban J connectivity index is 1.76. The second kappa shape index (κ2) is 6.73. The molecule has 1 aliphatic heterocycles. The zero-order valence-electron chi connectivity index (χ0n) is 11.6. The molecule has 5 nitrogen and oxygen atoms in total. The van der Waals surface area contributed by atoms with Crippen LogP contribution in [0.3, 0.4) is 0 Å². The molecule has 1 aromatic heterocycles. The van der Waals surface area contributed by atoms with E-state index in [0.29, 0.717) is 18.2 Å². The SMILES string of the molecule is CCN1CCC(NCc2cc(C(=O)OC)co2)CC1. The van der Waals surface area contributed by atoms with E-state index >= 15 is 0 Å². The molecule has 0 bridgehead atoms. The van der Waals surface area contributed by atoms with Crippen molar-refractivity contribution in [2.45, 2.75) is 32.4 Å². The van der Waals surface area contributed by atoms with Gasteiger partial charge in [-0.1, -0.05) is 6.92 Å². The topological polar surface area (TPSA) is 54.7 Å². The van der Waals surface area contributed by atoms with Gasteiger partial charge in [0, 0.05) is 6.04 Å². The minimum absolute atomic E-state index is 0.355. The second-order valence-electron chi connectivity index (χ2n) is 4.88. The Bertz CT molecular complexity index is 409. The summed E-state index contributed by atoms with van der Waals surface area (Å²) in [4.78, 5) is 13.8. The summed E-state index contributed by atoms with van der Waals surface area (Å²) in [6.45, 7) is 6.30. The first-order valence-corrected chi connectivity index (χ1v) is 6.84. The molecule has 0 aromatic carbocycles. The van der Waals surface area contributed by atoms with Gasteiger partial charge in [-0.25, -0.2) is 4.79 Å². The van der Waals surface area contributed by atoms with Crippen molar-refractivity contribution < 1.29 is 13.9 Å². The van der Waals surface area contributed by atoms with Crippen molar-refractivity contribution in [3.8, 4) is 0 Å². The van der Waals surface area contributed by atoms with Gasteiger partial charge in [0.1, 0.15) is 12.0 Å². The normalized spacial score (nSPS) is 17.6. The van der Waals surface area contributed by atoms with Gasteiger partial charge >= 0.3 is 5.97 Å². The fraction of sp³-hybridized carbons (Fsp3) is 0.643. The third-order valence-electron chi connectivity index (χ3n) is 3.67. The maximum absolute atomic E-state index is 11.3. The quantitative estimate of drug-likeness (QED) is 0.821. The van der Waals surface area contributed by atoms with Crippen molar-refractivity contribution in [3.63, 3.8) is 0 Å². The first-order chi connectivity index (χ1) is 9.22. The second-order valence-corrected chi connectivity index (χ2v) is 4.88. The van der Waals surface area contributed by atoms with Gasteiger partial charge in [0.25, 0.3) is 0 Å². The lowest BCUT2D eigenvalue weighted by molar-refractivity contribution is 0.0600. The molecule has 1 aromatic rings. The van der Waals surface area contributed by atoms with E-state index < -0.39 is 0 Å². The van der Waals surface area contributed by atoms with Gasteiger partial charge in [0.2, 0.25) is 0 Å². The molecule has 106 valence electrons. The molecule has 0 atom stereocenters. The molecule has 2 rings (SSSR count). The summed E-state index contributed by atoms with van der Waals surface area (Å²) < 4.78 is 9.99. The number of piperidine rings is 1. The first kappa shape index (κ1) is 14.1. The van der Waals surface area contributed by atoms with Gasteiger partial charge in [-0.3, -0.25) is 0 Å². The van der Waals surface area contributed by atoms with Crippen LogP contribution in [0.25, 0.3) is 0 Å². The lowest BCUT2D eigenvalue weighted by atomic mass is 10.1. The van der Waals surface area contributed by atoms with Crippen LogP contribution in [0.5, 0.6) is 0 Å². The maximum Gasteiger partial charge on any atom is 0.341 e. The number of methoxy groups -OCH3 is 1. The highest BCUT2D eigenvalue weighted by atomic mass is 16.5. The van der Waals surface area contributed by atoms with Crippen LogP contribution in [0.2, 0.25) is 0 Å². The predicted octanol–water partition coefficient (Wildman–Crippen LogP) is 1.64. The molecule has 19 heavy (non-hydrogen) atoms. The molecule has 0 saturated carbocycles. The molecule has 0 amide bonds. The number of hydrogen-bond donors (Lipinski definition) is 1. The lowest BCUT2D eigenvalue weighted by Gasteiger charge is -2.31. The van der Waals surface area contributed by atoms with E-state index in [4.69, 9.17) is 4.42 Å². The Labute approximate surface area is 113 Å². The molecule has 1 N–H and O–H groups in total. The third kappa shape index (κ3) is 3.81. The summed E-state index contributed by atoms with van der Waals surface area (Å²) in [5, 5.41) is 3.48. The lowest BCUT2D eigenvalue weighted by Crippen LogP contribution is -2.42. The van der Waals surface area contributed by atoms with Crippen LogP contribution < -0.4 is 5.32 Å². The molecule has 1 aliphatic rings. The first-order valence-electron chi connectivity index (χ1n) is 6.84. The van der Waals surface area contributed by atoms with E-state index in [2.05, 4.69) is 21.9 Å². The van der Waals surface area contributed by atoms with Crippen LogP contribution in [0, 0.1) is 0 Å². The standard InChI is InChI=1S/C14H22N2O3/c1-3-16-6-4-12(5-7-16)15-9-13-8-11(10-19-13)14(17)18-2/h8,10,12,15H,3-7,9H2,1-2H3. The monoisotopic (exact) mass is 266 g/mol. The molecule has 0 unspecified atom stereocenters. The van der Waals surface area contributed by atoms with Crippen molar-refractivity contribution in [2.24, 2.45) is 0 Å². The Morgan fingerprint density at radius 2 is 2.26 bits per heavy atom. The van der Waals surface area contributed by atoms with E-state index in [1.54, 1.807) is 6.07 Å². The Morgan fingerprint density at radius 1 is 1.53 bits per heavy atom. The largest absolute Gasteiger partial charge is 0.467 e. The molecule has 5 heteroatoms. The Morgan fingerprint density at radius 3 is 2.89 bits per heavy atom. The predicted molar refractivity (Wildman–Crippen MR) is 72.0 cm³/mol. The van der Waals surface area contributed by atoms with E-state index in [0.717, 1.165) is 25.4 Å². The number of hydrogen-bond acceptors (Lipinski definition) is 5. The number of likely N-dealkylation sites (tertiary alicyclic amines) is 1. The highest BCUT2D eigenvalue weighted by Crippen LogP contribution is 2.12. The molecule has 0 radical (unpaired) electrons. The third-order valence-corrected chi connectivity index (χ3v) is 3.67. The van der Waals surface area contributed by atoms with Crippen molar-refractivity contribution in [3.05, 3.63) is 23.7 Å². The molecule has 0 aliphatic carbocycles. The van der Waals surface area contributed by atoms with Crippen LogP contribution in [0.15, 0.2) is 16.7 Å². The van der Waals surface area contributed by atoms with E-state index in [1.165, 1.54) is 26.2 Å². The summed E-state index contributed by atoms with van der Waals surface area (Å²) in [5.41, 5.74) is 0.472. The van der Waals surface area contributed by atoms with Gasteiger partial charge in [0.15, 0.2) is 0 Å². The van der Waals surface area contributed by atoms with Gasteiger partial charge in [-0.2, -0.15) is 0 Å². The summed E-state index contributed by atoms with van der Waals surface area (Å²) in [6.07, 6.45) is 3.78. The van der Waals surface area contributed by atoms with Gasteiger partial charge in [-0.05, 0) is 38.5 Å². The van der Waals surface area contributed by atoms with Crippen LogP contribution >= 0.6 is 0 Å². The summed E-state index contributed by atoms with van der Waals surface area (Å²) in [7, 11) is 1.37. The highest BCUT2D eigenvalue weighted by molar-refractivity contribution is 5.88.